The summed E-state index contributed by atoms with van der Waals surface area (Å²) >= 11 is 1.73. The molecule has 1 aromatic carbocycles. The van der Waals surface area contributed by atoms with Crippen molar-refractivity contribution in [3.63, 3.8) is 0 Å². The van der Waals surface area contributed by atoms with Crippen LogP contribution in [0.1, 0.15) is 16.8 Å². The average Bonchev–Trinajstić information content (AvgIpc) is 2.42. The van der Waals surface area contributed by atoms with E-state index in [1.165, 1.54) is 11.0 Å². The summed E-state index contributed by atoms with van der Waals surface area (Å²) < 4.78 is 0. The molecular weight excluding hydrogens is 278 g/mol. The minimum atomic E-state index is -0.469. The minimum absolute atomic E-state index is 0.0677. The van der Waals surface area contributed by atoms with E-state index in [9.17, 15) is 14.9 Å². The monoisotopic (exact) mass is 297 g/mol. The Morgan fingerprint density at radius 3 is 2.70 bits per heavy atom. The van der Waals surface area contributed by atoms with Crippen molar-refractivity contribution in [2.45, 2.75) is 6.42 Å². The van der Waals surface area contributed by atoms with Crippen LogP contribution in [0.4, 0.5) is 11.4 Å². The van der Waals surface area contributed by atoms with Gasteiger partial charge in [-0.05, 0) is 30.6 Å². The number of nitrogens with one attached hydrogen (secondary N) is 1. The molecule has 0 aromatic heterocycles. The molecule has 0 saturated carbocycles. The summed E-state index contributed by atoms with van der Waals surface area (Å²) in [7, 11) is 3.23. The van der Waals surface area contributed by atoms with E-state index in [1.54, 1.807) is 38.0 Å². The molecule has 0 aliphatic carbocycles. The second-order valence-corrected chi connectivity index (χ2v) is 5.45. The van der Waals surface area contributed by atoms with Gasteiger partial charge in [0.2, 0.25) is 0 Å². The lowest BCUT2D eigenvalue weighted by atomic mass is 10.1. The second kappa shape index (κ2) is 7.74. The quantitative estimate of drug-likeness (QED) is 0.475. The molecule has 1 N–H and O–H groups in total. The van der Waals surface area contributed by atoms with E-state index in [4.69, 9.17) is 0 Å². The van der Waals surface area contributed by atoms with Crippen molar-refractivity contribution in [1.29, 1.82) is 0 Å². The van der Waals surface area contributed by atoms with Crippen molar-refractivity contribution >= 4 is 29.0 Å². The molecule has 6 nitrogen and oxygen atoms in total. The molecule has 110 valence electrons. The first-order valence-corrected chi connectivity index (χ1v) is 7.59. The lowest BCUT2D eigenvalue weighted by molar-refractivity contribution is -0.384. The Kier molecular flexibility index (Phi) is 6.30. The number of thioether (sulfide) groups is 1. The molecule has 0 unspecified atom stereocenters. The van der Waals surface area contributed by atoms with Gasteiger partial charge in [0, 0.05) is 32.3 Å². The van der Waals surface area contributed by atoms with Crippen LogP contribution >= 0.6 is 11.8 Å². The third-order valence-corrected chi connectivity index (χ3v) is 3.39. The highest BCUT2D eigenvalue weighted by Crippen LogP contribution is 2.26. The Morgan fingerprint density at radius 1 is 1.45 bits per heavy atom. The highest BCUT2D eigenvalue weighted by atomic mass is 32.2. The molecule has 0 atom stereocenters. The fraction of sp³-hybridized carbons (Fsp3) is 0.462. The largest absolute Gasteiger partial charge is 0.379 e. The molecule has 0 fully saturated rings. The Morgan fingerprint density at radius 2 is 2.15 bits per heavy atom. The normalized spacial score (nSPS) is 10.2. The third-order valence-electron chi connectivity index (χ3n) is 2.69. The SMILES string of the molecule is CSCCCNc1ccc(C(=O)N(C)C)cc1[N+](=O)[O-]. The van der Waals surface area contributed by atoms with E-state index in [0.29, 0.717) is 17.8 Å². The summed E-state index contributed by atoms with van der Waals surface area (Å²) in [6.07, 6.45) is 2.95. The smallest absolute Gasteiger partial charge is 0.293 e. The Hall–Kier alpha value is -1.76. The van der Waals surface area contributed by atoms with Crippen LogP contribution in [0.15, 0.2) is 18.2 Å². The summed E-state index contributed by atoms with van der Waals surface area (Å²) in [6, 6.07) is 4.51. The Balaban J connectivity index is 2.91. The number of amides is 1. The highest BCUT2D eigenvalue weighted by molar-refractivity contribution is 7.98. The predicted molar refractivity (Wildman–Crippen MR) is 82.6 cm³/mol. The molecule has 0 heterocycles. The number of nitrogens with zero attached hydrogens (tertiary/aromatic N) is 2. The van der Waals surface area contributed by atoms with Crippen LogP contribution in [-0.4, -0.2) is 48.4 Å². The van der Waals surface area contributed by atoms with Crippen LogP contribution in [0.25, 0.3) is 0 Å². The van der Waals surface area contributed by atoms with Gasteiger partial charge in [-0.1, -0.05) is 0 Å². The van der Waals surface area contributed by atoms with Crippen molar-refractivity contribution in [1.82, 2.24) is 4.90 Å². The zero-order chi connectivity index (χ0) is 15.1. The number of nitro groups is 1. The number of hydrogen-bond donors (Lipinski definition) is 1. The van der Waals surface area contributed by atoms with Crippen LogP contribution in [0.2, 0.25) is 0 Å². The first-order valence-electron chi connectivity index (χ1n) is 6.20. The maximum absolute atomic E-state index is 11.8. The molecular formula is C13H19N3O3S. The topological polar surface area (TPSA) is 75.5 Å². The molecule has 1 aromatic rings. The van der Waals surface area contributed by atoms with E-state index in [-0.39, 0.29) is 11.6 Å². The molecule has 0 aliphatic heterocycles. The molecule has 1 rings (SSSR count). The predicted octanol–water partition coefficient (Wildman–Crippen LogP) is 2.46. The van der Waals surface area contributed by atoms with Gasteiger partial charge in [0.05, 0.1) is 4.92 Å². The highest BCUT2D eigenvalue weighted by Gasteiger charge is 2.18. The summed E-state index contributed by atoms with van der Waals surface area (Å²) in [5.74, 6) is 0.750. The van der Waals surface area contributed by atoms with E-state index in [0.717, 1.165) is 12.2 Å². The van der Waals surface area contributed by atoms with Gasteiger partial charge in [0.15, 0.2) is 0 Å². The van der Waals surface area contributed by atoms with Gasteiger partial charge in [-0.15, -0.1) is 0 Å². The van der Waals surface area contributed by atoms with E-state index in [1.807, 2.05) is 6.26 Å². The summed E-state index contributed by atoms with van der Waals surface area (Å²) in [4.78, 5) is 23.8. The molecule has 0 bridgehead atoms. The van der Waals surface area contributed by atoms with Crippen LogP contribution in [0.3, 0.4) is 0 Å². The fourth-order valence-corrected chi connectivity index (χ4v) is 2.10. The van der Waals surface area contributed by atoms with Gasteiger partial charge < -0.3 is 10.2 Å². The summed E-state index contributed by atoms with van der Waals surface area (Å²) in [5, 5.41) is 14.1. The zero-order valence-corrected chi connectivity index (χ0v) is 12.7. The summed E-state index contributed by atoms with van der Waals surface area (Å²) in [6.45, 7) is 0.669. The average molecular weight is 297 g/mol. The van der Waals surface area contributed by atoms with Crippen LogP contribution < -0.4 is 5.32 Å². The number of carbonyl (C=O) groups is 1. The second-order valence-electron chi connectivity index (χ2n) is 4.46. The molecule has 0 radical (unpaired) electrons. The standard InChI is InChI=1S/C13H19N3O3S/c1-15(2)13(17)10-5-6-11(12(9-10)16(18)19)14-7-4-8-20-3/h5-6,9,14H,4,7-8H2,1-3H3. The third kappa shape index (κ3) is 4.41. The minimum Gasteiger partial charge on any atom is -0.379 e. The molecule has 0 saturated heterocycles. The number of benzene rings is 1. The molecule has 1 amide bonds. The van der Waals surface area contributed by atoms with Gasteiger partial charge >= 0.3 is 0 Å². The number of nitro benzene ring substituents is 1. The zero-order valence-electron chi connectivity index (χ0n) is 11.9. The van der Waals surface area contributed by atoms with Gasteiger partial charge in [0.1, 0.15) is 5.69 Å². The van der Waals surface area contributed by atoms with Crippen molar-refractivity contribution in [3.8, 4) is 0 Å². The first kappa shape index (κ1) is 16.3. The number of hydrogen-bond acceptors (Lipinski definition) is 5. The van der Waals surface area contributed by atoms with Gasteiger partial charge in [-0.2, -0.15) is 11.8 Å². The molecule has 7 heteroatoms. The lowest BCUT2D eigenvalue weighted by Gasteiger charge is -2.12. The van der Waals surface area contributed by atoms with Crippen LogP contribution in [0, 0.1) is 10.1 Å². The van der Waals surface area contributed by atoms with E-state index >= 15 is 0 Å². The van der Waals surface area contributed by atoms with E-state index < -0.39 is 4.92 Å². The first-order chi connectivity index (χ1) is 9.47. The molecule has 0 spiro atoms. The number of anilines is 1. The number of rotatable bonds is 7. The van der Waals surface area contributed by atoms with Crippen molar-refractivity contribution in [2.75, 3.05) is 38.0 Å². The lowest BCUT2D eigenvalue weighted by Crippen LogP contribution is -2.21. The molecule has 20 heavy (non-hydrogen) atoms. The number of carbonyl (C=O) groups excluding carboxylic acids is 1. The maximum atomic E-state index is 11.8. The van der Waals surface area contributed by atoms with Crippen LogP contribution in [-0.2, 0) is 0 Å². The summed E-state index contributed by atoms with van der Waals surface area (Å²) in [5.41, 5.74) is 0.699. The Bertz CT molecular complexity index is 492. The van der Waals surface area contributed by atoms with Crippen molar-refractivity contribution < 1.29 is 9.72 Å². The van der Waals surface area contributed by atoms with Gasteiger partial charge in [0.25, 0.3) is 11.6 Å². The van der Waals surface area contributed by atoms with Gasteiger partial charge in [-0.25, -0.2) is 0 Å². The van der Waals surface area contributed by atoms with E-state index in [2.05, 4.69) is 5.32 Å². The van der Waals surface area contributed by atoms with Gasteiger partial charge in [-0.3, -0.25) is 14.9 Å². The Labute approximate surface area is 122 Å². The van der Waals surface area contributed by atoms with Crippen LogP contribution in [0.5, 0.6) is 0 Å². The van der Waals surface area contributed by atoms with Crippen molar-refractivity contribution in [2.24, 2.45) is 0 Å². The van der Waals surface area contributed by atoms with Crippen molar-refractivity contribution in [3.05, 3.63) is 33.9 Å². The molecule has 0 aliphatic rings. The fourth-order valence-electron chi connectivity index (χ4n) is 1.66. The maximum Gasteiger partial charge on any atom is 0.293 e.